The van der Waals surface area contributed by atoms with Crippen molar-refractivity contribution in [2.24, 2.45) is 0 Å². The third-order valence-corrected chi connectivity index (χ3v) is 4.75. The number of hydrogen-bond donors (Lipinski definition) is 1. The Labute approximate surface area is 133 Å². The van der Waals surface area contributed by atoms with E-state index in [-0.39, 0.29) is 12.1 Å². The Morgan fingerprint density at radius 1 is 1.55 bits per heavy atom. The summed E-state index contributed by atoms with van der Waals surface area (Å²) in [5.41, 5.74) is 2.17. The molecule has 0 radical (unpaired) electrons. The van der Waals surface area contributed by atoms with Gasteiger partial charge >= 0.3 is 6.03 Å². The Morgan fingerprint density at radius 2 is 2.45 bits per heavy atom. The highest BCUT2D eigenvalue weighted by molar-refractivity contribution is 7.10. The lowest BCUT2D eigenvalue weighted by molar-refractivity contribution is -0.0136. The predicted octanol–water partition coefficient (Wildman–Crippen LogP) is 2.73. The van der Waals surface area contributed by atoms with Gasteiger partial charge in [0.15, 0.2) is 0 Å². The van der Waals surface area contributed by atoms with Crippen LogP contribution in [0.4, 0.5) is 4.79 Å². The van der Waals surface area contributed by atoms with Crippen LogP contribution in [-0.2, 0) is 11.3 Å². The van der Waals surface area contributed by atoms with Crippen LogP contribution in [0, 0.1) is 6.92 Å². The van der Waals surface area contributed by atoms with Crippen molar-refractivity contribution in [3.8, 4) is 0 Å². The minimum absolute atomic E-state index is 0.0119. The molecule has 5 nitrogen and oxygen atoms in total. The summed E-state index contributed by atoms with van der Waals surface area (Å²) >= 11 is 1.67. The number of aryl methyl sites for hydroxylation is 1. The Bertz CT molecular complexity index is 630. The number of aromatic nitrogens is 1. The van der Waals surface area contributed by atoms with Crippen molar-refractivity contribution in [1.82, 2.24) is 15.2 Å². The highest BCUT2D eigenvalue weighted by Gasteiger charge is 2.25. The van der Waals surface area contributed by atoms with Gasteiger partial charge in [-0.25, -0.2) is 4.79 Å². The van der Waals surface area contributed by atoms with E-state index in [9.17, 15) is 4.79 Å². The number of thiophene rings is 1. The minimum Gasteiger partial charge on any atom is -0.369 e. The molecule has 3 rings (SSSR count). The molecule has 1 N–H and O–H groups in total. The van der Waals surface area contributed by atoms with Crippen LogP contribution in [0.5, 0.6) is 0 Å². The molecule has 0 aromatic carbocycles. The molecule has 22 heavy (non-hydrogen) atoms. The molecule has 0 spiro atoms. The molecule has 1 unspecified atom stereocenters. The zero-order valence-corrected chi connectivity index (χ0v) is 13.3. The first-order chi connectivity index (χ1) is 10.7. The number of amides is 2. The van der Waals surface area contributed by atoms with Crippen molar-refractivity contribution in [1.29, 1.82) is 0 Å². The molecule has 2 aromatic rings. The fourth-order valence-electron chi connectivity index (χ4n) is 2.46. The lowest BCUT2D eigenvalue weighted by Crippen LogP contribution is -2.46. The largest absolute Gasteiger partial charge is 0.369 e. The summed E-state index contributed by atoms with van der Waals surface area (Å²) < 4.78 is 5.77. The Morgan fingerprint density at radius 3 is 3.23 bits per heavy atom. The van der Waals surface area contributed by atoms with Crippen LogP contribution in [0.15, 0.2) is 36.0 Å². The lowest BCUT2D eigenvalue weighted by Gasteiger charge is -2.32. The molecule has 6 heteroatoms. The van der Waals surface area contributed by atoms with Crippen molar-refractivity contribution in [2.75, 3.05) is 19.7 Å². The van der Waals surface area contributed by atoms with Gasteiger partial charge < -0.3 is 15.0 Å². The maximum atomic E-state index is 12.3. The highest BCUT2D eigenvalue weighted by Crippen LogP contribution is 2.26. The molecule has 0 bridgehead atoms. The number of morpholine rings is 1. The predicted molar refractivity (Wildman–Crippen MR) is 85.8 cm³/mol. The van der Waals surface area contributed by atoms with E-state index in [0.717, 1.165) is 11.1 Å². The molecule has 1 saturated heterocycles. The molecular weight excluding hydrogens is 298 g/mol. The van der Waals surface area contributed by atoms with E-state index >= 15 is 0 Å². The molecular formula is C16H19N3O2S. The second-order valence-corrected chi connectivity index (χ2v) is 6.26. The van der Waals surface area contributed by atoms with Gasteiger partial charge in [0, 0.05) is 30.4 Å². The van der Waals surface area contributed by atoms with Crippen LogP contribution in [-0.4, -0.2) is 35.6 Å². The summed E-state index contributed by atoms with van der Waals surface area (Å²) in [6.45, 7) is 4.32. The van der Waals surface area contributed by atoms with Crippen LogP contribution >= 0.6 is 11.3 Å². The van der Waals surface area contributed by atoms with E-state index in [1.54, 1.807) is 17.5 Å². The zero-order chi connectivity index (χ0) is 15.4. The normalized spacial score (nSPS) is 18.2. The van der Waals surface area contributed by atoms with Gasteiger partial charge in [0.05, 0.1) is 13.2 Å². The SMILES string of the molecule is Cc1cnccc1CNC(=O)N1CCOC(c2cccs2)C1. The summed E-state index contributed by atoms with van der Waals surface area (Å²) in [6, 6.07) is 5.95. The third-order valence-electron chi connectivity index (χ3n) is 3.78. The number of pyridine rings is 1. The number of carbonyl (C=O) groups excluding carboxylic acids is 1. The maximum absolute atomic E-state index is 12.3. The third kappa shape index (κ3) is 3.45. The topological polar surface area (TPSA) is 54.5 Å². The van der Waals surface area contributed by atoms with E-state index in [1.807, 2.05) is 35.5 Å². The average molecular weight is 317 g/mol. The van der Waals surface area contributed by atoms with Crippen molar-refractivity contribution in [3.05, 3.63) is 52.0 Å². The first-order valence-electron chi connectivity index (χ1n) is 7.31. The van der Waals surface area contributed by atoms with Crippen molar-refractivity contribution in [2.45, 2.75) is 19.6 Å². The molecule has 0 saturated carbocycles. The number of carbonyl (C=O) groups is 1. The monoisotopic (exact) mass is 317 g/mol. The Kier molecular flexibility index (Phi) is 4.70. The number of nitrogens with zero attached hydrogens (tertiary/aromatic N) is 2. The second kappa shape index (κ2) is 6.89. The minimum atomic E-state index is -0.0407. The van der Waals surface area contributed by atoms with Gasteiger partial charge in [-0.1, -0.05) is 6.07 Å². The van der Waals surface area contributed by atoms with Gasteiger partial charge in [0.25, 0.3) is 0 Å². The summed E-state index contributed by atoms with van der Waals surface area (Å²) in [5.74, 6) is 0. The van der Waals surface area contributed by atoms with Gasteiger partial charge in [-0.2, -0.15) is 0 Å². The van der Waals surface area contributed by atoms with Crippen molar-refractivity contribution in [3.63, 3.8) is 0 Å². The standard InChI is InChI=1S/C16H19N3O2S/c1-12-9-17-5-4-13(12)10-18-16(20)19-6-7-21-14(11-19)15-3-2-8-22-15/h2-5,8-9,14H,6-7,10-11H2,1H3,(H,18,20). The smallest absolute Gasteiger partial charge is 0.317 e. The summed E-state index contributed by atoms with van der Waals surface area (Å²) in [6.07, 6.45) is 3.54. The maximum Gasteiger partial charge on any atom is 0.317 e. The molecule has 1 aliphatic rings. The van der Waals surface area contributed by atoms with Gasteiger partial charge in [0.2, 0.25) is 0 Å². The number of hydrogen-bond acceptors (Lipinski definition) is 4. The van der Waals surface area contributed by atoms with Gasteiger partial charge in [-0.05, 0) is 35.6 Å². The fraction of sp³-hybridized carbons (Fsp3) is 0.375. The van der Waals surface area contributed by atoms with Crippen LogP contribution in [0.25, 0.3) is 0 Å². The van der Waals surface area contributed by atoms with Gasteiger partial charge in [-0.3, -0.25) is 4.98 Å². The molecule has 2 amide bonds. The van der Waals surface area contributed by atoms with Crippen LogP contribution < -0.4 is 5.32 Å². The first-order valence-corrected chi connectivity index (χ1v) is 8.19. The molecule has 1 atom stereocenters. The number of rotatable bonds is 3. The quantitative estimate of drug-likeness (QED) is 0.947. The molecule has 1 fully saturated rings. The number of ether oxygens (including phenoxy) is 1. The van der Waals surface area contributed by atoms with Crippen molar-refractivity contribution >= 4 is 17.4 Å². The second-order valence-electron chi connectivity index (χ2n) is 5.28. The molecule has 3 heterocycles. The highest BCUT2D eigenvalue weighted by atomic mass is 32.1. The lowest BCUT2D eigenvalue weighted by atomic mass is 10.1. The van der Waals surface area contributed by atoms with Crippen molar-refractivity contribution < 1.29 is 9.53 Å². The van der Waals surface area contributed by atoms with E-state index in [4.69, 9.17) is 4.74 Å². The molecule has 2 aromatic heterocycles. The van der Waals surface area contributed by atoms with E-state index < -0.39 is 0 Å². The Balaban J connectivity index is 1.57. The molecule has 116 valence electrons. The van der Waals surface area contributed by atoms with E-state index in [2.05, 4.69) is 16.4 Å². The number of urea groups is 1. The van der Waals surface area contributed by atoms with Gasteiger partial charge in [0.1, 0.15) is 6.10 Å². The van der Waals surface area contributed by atoms with Crippen LogP contribution in [0.3, 0.4) is 0 Å². The summed E-state index contributed by atoms with van der Waals surface area (Å²) in [4.78, 5) is 19.4. The van der Waals surface area contributed by atoms with Crippen LogP contribution in [0.1, 0.15) is 22.1 Å². The van der Waals surface area contributed by atoms with E-state index in [0.29, 0.717) is 26.2 Å². The summed E-state index contributed by atoms with van der Waals surface area (Å²) in [7, 11) is 0. The first kappa shape index (κ1) is 15.0. The van der Waals surface area contributed by atoms with Gasteiger partial charge in [-0.15, -0.1) is 11.3 Å². The van der Waals surface area contributed by atoms with E-state index in [1.165, 1.54) is 4.88 Å². The molecule has 0 aliphatic carbocycles. The van der Waals surface area contributed by atoms with Crippen LogP contribution in [0.2, 0.25) is 0 Å². The molecule has 1 aliphatic heterocycles. The zero-order valence-electron chi connectivity index (χ0n) is 12.5. The summed E-state index contributed by atoms with van der Waals surface area (Å²) in [5, 5.41) is 5.01. The average Bonchev–Trinajstić information content (AvgIpc) is 3.08. The Hall–Kier alpha value is -1.92. The number of nitrogens with one attached hydrogen (secondary N) is 1. The fourth-order valence-corrected chi connectivity index (χ4v) is 3.23.